The van der Waals surface area contributed by atoms with Gasteiger partial charge in [0.2, 0.25) is 0 Å². The van der Waals surface area contributed by atoms with Crippen LogP contribution in [0.2, 0.25) is 0 Å². The molecule has 0 spiro atoms. The van der Waals surface area contributed by atoms with Crippen molar-refractivity contribution in [2.75, 3.05) is 6.61 Å². The maximum atomic E-state index is 11.9. The highest BCUT2D eigenvalue weighted by atomic mass is 19.4. The van der Waals surface area contributed by atoms with E-state index in [0.717, 1.165) is 0 Å². The van der Waals surface area contributed by atoms with Crippen LogP contribution >= 0.6 is 0 Å². The summed E-state index contributed by atoms with van der Waals surface area (Å²) in [5, 5.41) is 7.38. The molecule has 0 radical (unpaired) electrons. The first-order valence-electron chi connectivity index (χ1n) is 4.74. The van der Waals surface area contributed by atoms with Crippen LogP contribution in [0.1, 0.15) is 26.6 Å². The van der Waals surface area contributed by atoms with E-state index in [4.69, 9.17) is 0 Å². The van der Waals surface area contributed by atoms with E-state index in [0.29, 0.717) is 5.82 Å². The summed E-state index contributed by atoms with van der Waals surface area (Å²) in [4.78, 5) is 0. The summed E-state index contributed by atoms with van der Waals surface area (Å²) < 4.78 is 41.8. The molecule has 0 fully saturated rings. The Morgan fingerprint density at radius 3 is 2.44 bits per heavy atom. The fraction of sp³-hybridized carbons (Fsp3) is 0.778. The van der Waals surface area contributed by atoms with Gasteiger partial charge in [0.15, 0.2) is 5.82 Å². The maximum Gasteiger partial charge on any atom is 0.411 e. The van der Waals surface area contributed by atoms with Crippen LogP contribution in [-0.4, -0.2) is 27.5 Å². The zero-order valence-electron chi connectivity index (χ0n) is 9.38. The molecule has 0 N–H and O–H groups in total. The number of halogens is 3. The molecule has 1 heterocycles. The zero-order valence-corrected chi connectivity index (χ0v) is 9.38. The fourth-order valence-electron chi connectivity index (χ4n) is 1.18. The summed E-state index contributed by atoms with van der Waals surface area (Å²) in [5.41, 5.74) is -0.277. The average molecular weight is 237 g/mol. The first-order chi connectivity index (χ1) is 7.20. The molecule has 0 bridgehead atoms. The fourth-order valence-corrected chi connectivity index (χ4v) is 1.18. The molecule has 0 unspecified atom stereocenters. The standard InChI is InChI=1S/C9H14F3N3O/c1-8(2,3)15-6-13-14-7(15)4-16-5-9(10,11)12/h6H,4-5H2,1-3H3. The van der Waals surface area contributed by atoms with Crippen molar-refractivity contribution in [3.8, 4) is 0 Å². The van der Waals surface area contributed by atoms with Crippen LogP contribution in [0.4, 0.5) is 13.2 Å². The Morgan fingerprint density at radius 1 is 1.31 bits per heavy atom. The molecule has 0 aliphatic carbocycles. The predicted octanol–water partition coefficient (Wildman–Crippen LogP) is 2.11. The molecule has 0 aliphatic rings. The Hall–Kier alpha value is -1.11. The van der Waals surface area contributed by atoms with Gasteiger partial charge in [-0.05, 0) is 20.8 Å². The van der Waals surface area contributed by atoms with Crippen LogP contribution in [0.3, 0.4) is 0 Å². The van der Waals surface area contributed by atoms with Crippen LogP contribution in [0.15, 0.2) is 6.33 Å². The number of rotatable bonds is 3. The lowest BCUT2D eigenvalue weighted by atomic mass is 10.1. The van der Waals surface area contributed by atoms with Gasteiger partial charge >= 0.3 is 6.18 Å². The summed E-state index contributed by atoms with van der Waals surface area (Å²) in [6.07, 6.45) is -2.83. The topological polar surface area (TPSA) is 39.9 Å². The van der Waals surface area contributed by atoms with Crippen molar-refractivity contribution in [1.29, 1.82) is 0 Å². The third-order valence-corrected chi connectivity index (χ3v) is 1.84. The van der Waals surface area contributed by atoms with E-state index in [2.05, 4.69) is 14.9 Å². The number of aromatic nitrogens is 3. The summed E-state index contributed by atoms with van der Waals surface area (Å²) >= 11 is 0. The zero-order chi connectivity index (χ0) is 12.4. The van der Waals surface area contributed by atoms with Crippen LogP contribution < -0.4 is 0 Å². The smallest absolute Gasteiger partial charge is 0.364 e. The van der Waals surface area contributed by atoms with Crippen molar-refractivity contribution >= 4 is 0 Å². The van der Waals surface area contributed by atoms with E-state index in [9.17, 15) is 13.2 Å². The van der Waals surface area contributed by atoms with Gasteiger partial charge < -0.3 is 9.30 Å². The Labute approximate surface area is 91.4 Å². The lowest BCUT2D eigenvalue weighted by Crippen LogP contribution is -2.24. The number of hydrogen-bond donors (Lipinski definition) is 0. The predicted molar refractivity (Wildman–Crippen MR) is 50.7 cm³/mol. The molecule has 4 nitrogen and oxygen atoms in total. The van der Waals surface area contributed by atoms with E-state index in [1.807, 2.05) is 20.8 Å². The van der Waals surface area contributed by atoms with Crippen LogP contribution in [0.25, 0.3) is 0 Å². The van der Waals surface area contributed by atoms with Gasteiger partial charge in [0.1, 0.15) is 19.5 Å². The van der Waals surface area contributed by atoms with Crippen molar-refractivity contribution in [3.05, 3.63) is 12.2 Å². The van der Waals surface area contributed by atoms with Gasteiger partial charge in [-0.2, -0.15) is 13.2 Å². The van der Waals surface area contributed by atoms with Crippen LogP contribution in [-0.2, 0) is 16.9 Å². The maximum absolute atomic E-state index is 11.9. The Kier molecular flexibility index (Phi) is 3.57. The van der Waals surface area contributed by atoms with E-state index in [-0.39, 0.29) is 12.1 Å². The summed E-state index contributed by atoms with van der Waals surface area (Å²) in [6.45, 7) is 4.25. The molecular weight excluding hydrogens is 223 g/mol. The van der Waals surface area contributed by atoms with Gasteiger partial charge in [0, 0.05) is 5.54 Å². The average Bonchev–Trinajstić information content (AvgIpc) is 2.48. The van der Waals surface area contributed by atoms with Gasteiger partial charge in [-0.25, -0.2) is 0 Å². The van der Waals surface area contributed by atoms with Gasteiger partial charge in [-0.3, -0.25) is 0 Å². The van der Waals surface area contributed by atoms with Crippen LogP contribution in [0, 0.1) is 0 Å². The highest BCUT2D eigenvalue weighted by Crippen LogP contribution is 2.18. The Bertz CT molecular complexity index is 341. The van der Waals surface area contributed by atoms with Crippen molar-refractivity contribution < 1.29 is 17.9 Å². The molecule has 92 valence electrons. The van der Waals surface area contributed by atoms with Crippen molar-refractivity contribution in [2.45, 2.75) is 39.1 Å². The monoisotopic (exact) mass is 237 g/mol. The van der Waals surface area contributed by atoms with E-state index in [1.54, 1.807) is 4.57 Å². The molecule has 1 aromatic heterocycles. The molecule has 0 amide bonds. The largest absolute Gasteiger partial charge is 0.411 e. The van der Waals surface area contributed by atoms with Gasteiger partial charge in [0.25, 0.3) is 0 Å². The normalized spacial score (nSPS) is 13.1. The SMILES string of the molecule is CC(C)(C)n1cnnc1COCC(F)(F)F. The quantitative estimate of drug-likeness (QED) is 0.808. The lowest BCUT2D eigenvalue weighted by Gasteiger charge is -2.22. The van der Waals surface area contributed by atoms with Crippen molar-refractivity contribution in [2.24, 2.45) is 0 Å². The molecule has 0 saturated carbocycles. The third kappa shape index (κ3) is 3.80. The molecule has 0 atom stereocenters. The van der Waals surface area contributed by atoms with Gasteiger partial charge in [-0.15, -0.1) is 10.2 Å². The summed E-state index contributed by atoms with van der Waals surface area (Å²) in [7, 11) is 0. The molecule has 1 aromatic rings. The first-order valence-corrected chi connectivity index (χ1v) is 4.74. The number of nitrogens with zero attached hydrogens (tertiary/aromatic N) is 3. The number of hydrogen-bond acceptors (Lipinski definition) is 3. The van der Waals surface area contributed by atoms with E-state index >= 15 is 0 Å². The van der Waals surface area contributed by atoms with Crippen LogP contribution in [0.5, 0.6) is 0 Å². The molecule has 1 rings (SSSR count). The minimum Gasteiger partial charge on any atom is -0.364 e. The molecule has 0 aliphatic heterocycles. The molecule has 0 aromatic carbocycles. The van der Waals surface area contributed by atoms with E-state index < -0.39 is 12.8 Å². The molecule has 0 saturated heterocycles. The molecule has 16 heavy (non-hydrogen) atoms. The second kappa shape index (κ2) is 4.40. The second-order valence-corrected chi connectivity index (χ2v) is 4.40. The third-order valence-electron chi connectivity index (χ3n) is 1.84. The van der Waals surface area contributed by atoms with E-state index in [1.165, 1.54) is 6.33 Å². The minimum atomic E-state index is -4.31. The van der Waals surface area contributed by atoms with Gasteiger partial charge in [0.05, 0.1) is 0 Å². The highest BCUT2D eigenvalue weighted by molar-refractivity contribution is 4.90. The molecular formula is C9H14F3N3O. The first kappa shape index (κ1) is 13.0. The Morgan fingerprint density at radius 2 is 1.94 bits per heavy atom. The Balaban J connectivity index is 2.59. The van der Waals surface area contributed by atoms with Crippen molar-refractivity contribution in [3.63, 3.8) is 0 Å². The highest BCUT2D eigenvalue weighted by Gasteiger charge is 2.28. The van der Waals surface area contributed by atoms with Gasteiger partial charge in [-0.1, -0.05) is 0 Å². The lowest BCUT2D eigenvalue weighted by molar-refractivity contribution is -0.177. The minimum absolute atomic E-state index is 0.198. The summed E-state index contributed by atoms with van der Waals surface area (Å²) in [6, 6.07) is 0. The number of ether oxygens (including phenoxy) is 1. The number of alkyl halides is 3. The summed E-state index contributed by atoms with van der Waals surface area (Å²) in [5.74, 6) is 0.386. The molecule has 7 heteroatoms. The van der Waals surface area contributed by atoms with Crippen molar-refractivity contribution in [1.82, 2.24) is 14.8 Å². The second-order valence-electron chi connectivity index (χ2n) is 4.40.